The lowest BCUT2D eigenvalue weighted by Gasteiger charge is -2.33. The molecule has 14 aromatic rings. The Bertz CT molecular complexity index is 5140. The van der Waals surface area contributed by atoms with E-state index in [0.29, 0.717) is 0 Å². The third kappa shape index (κ3) is 14.9. The van der Waals surface area contributed by atoms with E-state index in [1.54, 1.807) is 0 Å². The van der Waals surface area contributed by atoms with Crippen LogP contribution in [0.1, 0.15) is 219 Å². The van der Waals surface area contributed by atoms with Crippen molar-refractivity contribution < 1.29 is 0 Å². The van der Waals surface area contributed by atoms with Gasteiger partial charge in [0.05, 0.1) is 44.1 Å². The second kappa shape index (κ2) is 27.1. The number of fused-ring (bicyclic) bond motifs is 12. The van der Waals surface area contributed by atoms with Crippen molar-refractivity contribution in [2.75, 3.05) is 0 Å². The molecular formula is C97H114Br2N4. The van der Waals surface area contributed by atoms with E-state index in [1.807, 2.05) is 0 Å². The lowest BCUT2D eigenvalue weighted by Crippen LogP contribution is -2.24. The highest BCUT2D eigenvalue weighted by molar-refractivity contribution is 9.10. The SMILES string of the molecule is C.CC(C)(C)CC(C)(C)c1ccc2c(c1)c1cc3c(cc1n2-c1ccc(Br)cc1)c1cc(C(C)(C)CC(C)(C)C)ccc1n3-c1ccc(Br)cc1.CCc1ccc(-n2c3ccc(C(C)(C)CC(C)(C)C)cc3c3cc4c(cc32)c2cc(C(C)(C)CC(C)(C)C)ccc2n4-c2ccc(CC)cc2)cc1. The fourth-order valence-electron chi connectivity index (χ4n) is 18.5. The molecule has 10 aromatic carbocycles. The summed E-state index contributed by atoms with van der Waals surface area (Å²) in [5.41, 5.74) is 24.1. The van der Waals surface area contributed by atoms with E-state index >= 15 is 0 Å². The van der Waals surface area contributed by atoms with Crippen molar-refractivity contribution >= 4 is 119 Å². The van der Waals surface area contributed by atoms with Crippen molar-refractivity contribution in [1.29, 1.82) is 0 Å². The van der Waals surface area contributed by atoms with Gasteiger partial charge >= 0.3 is 0 Å². The van der Waals surface area contributed by atoms with Crippen molar-refractivity contribution in [2.24, 2.45) is 21.7 Å². The quantitative estimate of drug-likeness (QED) is 0.103. The van der Waals surface area contributed by atoms with Crippen LogP contribution in [-0.4, -0.2) is 18.3 Å². The van der Waals surface area contributed by atoms with E-state index in [4.69, 9.17) is 0 Å². The van der Waals surface area contributed by atoms with E-state index in [9.17, 15) is 0 Å². The van der Waals surface area contributed by atoms with Crippen molar-refractivity contribution in [3.63, 3.8) is 0 Å². The molecule has 536 valence electrons. The zero-order valence-corrected chi connectivity index (χ0v) is 68.4. The van der Waals surface area contributed by atoms with Crippen LogP contribution in [0, 0.1) is 21.7 Å². The first kappa shape index (κ1) is 75.1. The number of halogens is 2. The molecule has 0 radical (unpaired) electrons. The summed E-state index contributed by atoms with van der Waals surface area (Å²) in [5.74, 6) is 0. The summed E-state index contributed by atoms with van der Waals surface area (Å²) in [7, 11) is 0. The normalized spacial score (nSPS) is 13.2. The second-order valence-corrected chi connectivity index (χ2v) is 39.4. The molecular weight excluding hydrogens is 1380 g/mol. The number of hydrogen-bond acceptors (Lipinski definition) is 0. The van der Waals surface area contributed by atoms with E-state index in [2.05, 4.69) is 397 Å². The molecule has 0 unspecified atom stereocenters. The maximum Gasteiger partial charge on any atom is 0.0548 e. The molecule has 0 aliphatic heterocycles. The van der Waals surface area contributed by atoms with Crippen LogP contribution < -0.4 is 0 Å². The predicted molar refractivity (Wildman–Crippen MR) is 460 cm³/mol. The largest absolute Gasteiger partial charge is 0.309 e. The molecule has 0 aliphatic carbocycles. The molecule has 0 bridgehead atoms. The van der Waals surface area contributed by atoms with Gasteiger partial charge in [-0.2, -0.15) is 0 Å². The minimum Gasteiger partial charge on any atom is -0.309 e. The van der Waals surface area contributed by atoms with Crippen LogP contribution in [0.25, 0.3) is 110 Å². The van der Waals surface area contributed by atoms with Gasteiger partial charge in [-0.1, -0.05) is 240 Å². The average molecular weight is 1500 g/mol. The Hall–Kier alpha value is -7.64. The van der Waals surface area contributed by atoms with E-state index in [-0.39, 0.29) is 50.7 Å². The van der Waals surface area contributed by atoms with Crippen LogP contribution in [0.2, 0.25) is 0 Å². The van der Waals surface area contributed by atoms with Crippen LogP contribution in [-0.2, 0) is 34.5 Å². The molecule has 0 saturated heterocycles. The topological polar surface area (TPSA) is 19.7 Å². The number of hydrogen-bond donors (Lipinski definition) is 0. The first-order chi connectivity index (χ1) is 47.7. The Morgan fingerprint density at radius 1 is 0.233 bits per heavy atom. The van der Waals surface area contributed by atoms with Gasteiger partial charge in [-0.15, -0.1) is 0 Å². The summed E-state index contributed by atoms with van der Waals surface area (Å²) in [6.45, 7) is 51.9. The minimum absolute atomic E-state index is 0. The van der Waals surface area contributed by atoms with Gasteiger partial charge in [0.15, 0.2) is 0 Å². The smallest absolute Gasteiger partial charge is 0.0548 e. The number of aromatic nitrogens is 4. The standard InChI is InChI=1S/C50H60N2.C46H50Br2N2.CH4/c1-13-33-15-21-37(22-16-33)51-43-25-19-35(49(9,10)31-47(3,4)5)27-39(43)41-30-46-42(29-45(41)51)40-28-36(50(11,12)32-48(6,7)8)20-26-44(40)52(46)38-23-17-34(14-2)18-24-38;1-43(2,3)27-45(7,8)29-11-21-39-35(23-29)37-25-42-38(26-41(37)49(39)33-17-13-31(47)14-18-33)36-24-30(46(9,10)28-44(4,5)6)12-22-40(36)50(42)34-19-15-32(48)16-20-34;/h15-30H,13-14,31-32H2,1-12H3;11-26H,27-28H2,1-10H3;1H4. The van der Waals surface area contributed by atoms with E-state index < -0.39 is 0 Å². The van der Waals surface area contributed by atoms with Gasteiger partial charge in [-0.25, -0.2) is 0 Å². The zero-order valence-electron chi connectivity index (χ0n) is 65.3. The lowest BCUT2D eigenvalue weighted by atomic mass is 9.72. The maximum atomic E-state index is 3.68. The summed E-state index contributed by atoms with van der Waals surface area (Å²) in [5, 5.41) is 10.4. The van der Waals surface area contributed by atoms with Crippen LogP contribution in [0.15, 0.2) is 203 Å². The van der Waals surface area contributed by atoms with Gasteiger partial charge in [0.25, 0.3) is 0 Å². The van der Waals surface area contributed by atoms with Gasteiger partial charge in [0, 0.05) is 74.8 Å². The third-order valence-electron chi connectivity index (χ3n) is 21.7. The van der Waals surface area contributed by atoms with Crippen molar-refractivity contribution in [1.82, 2.24) is 18.3 Å². The molecule has 0 spiro atoms. The summed E-state index contributed by atoms with van der Waals surface area (Å²) < 4.78 is 12.1. The van der Waals surface area contributed by atoms with E-state index in [0.717, 1.165) is 58.8 Å². The molecule has 0 aliphatic rings. The lowest BCUT2D eigenvalue weighted by molar-refractivity contribution is 0.284. The summed E-state index contributed by atoms with van der Waals surface area (Å²) in [4.78, 5) is 0. The molecule has 0 saturated carbocycles. The number of benzene rings is 10. The van der Waals surface area contributed by atoms with Crippen LogP contribution in [0.3, 0.4) is 0 Å². The highest BCUT2D eigenvalue weighted by Crippen LogP contribution is 2.48. The molecule has 0 amide bonds. The Kier molecular flexibility index (Phi) is 19.7. The van der Waals surface area contributed by atoms with Crippen LogP contribution in [0.5, 0.6) is 0 Å². The number of rotatable bonds is 14. The highest BCUT2D eigenvalue weighted by Gasteiger charge is 2.34. The Morgan fingerprint density at radius 2 is 0.417 bits per heavy atom. The molecule has 14 rings (SSSR count). The highest BCUT2D eigenvalue weighted by atomic mass is 79.9. The molecule has 4 heterocycles. The van der Waals surface area contributed by atoms with Gasteiger partial charge in [0.2, 0.25) is 0 Å². The van der Waals surface area contributed by atoms with E-state index in [1.165, 1.54) is 132 Å². The fourth-order valence-corrected chi connectivity index (χ4v) is 19.0. The molecule has 103 heavy (non-hydrogen) atoms. The number of aryl methyl sites for hydroxylation is 2. The molecule has 4 nitrogen and oxygen atoms in total. The van der Waals surface area contributed by atoms with Gasteiger partial charge in [-0.05, 0) is 261 Å². The maximum absolute atomic E-state index is 3.68. The predicted octanol–water partition coefficient (Wildman–Crippen LogP) is 29.9. The van der Waals surface area contributed by atoms with Crippen molar-refractivity contribution in [3.8, 4) is 22.7 Å². The van der Waals surface area contributed by atoms with Crippen molar-refractivity contribution in [3.05, 3.63) is 236 Å². The monoisotopic (exact) mass is 1490 g/mol. The number of nitrogens with zero attached hydrogens (tertiary/aromatic N) is 4. The van der Waals surface area contributed by atoms with Gasteiger partial charge < -0.3 is 18.3 Å². The van der Waals surface area contributed by atoms with Crippen LogP contribution in [0.4, 0.5) is 0 Å². The minimum atomic E-state index is 0. The Labute approximate surface area is 633 Å². The Morgan fingerprint density at radius 3 is 0.602 bits per heavy atom. The first-order valence-corrected chi connectivity index (χ1v) is 39.1. The molecule has 0 fully saturated rings. The first-order valence-electron chi connectivity index (χ1n) is 37.6. The van der Waals surface area contributed by atoms with Crippen LogP contribution >= 0.6 is 31.9 Å². The zero-order chi connectivity index (χ0) is 73.3. The molecule has 6 heteroatoms. The van der Waals surface area contributed by atoms with Gasteiger partial charge in [0.1, 0.15) is 0 Å². The fraction of sp³-hybridized carbons (Fsp3) is 0.381. The Balaban J connectivity index is 0.000000192. The second-order valence-electron chi connectivity index (χ2n) is 37.5. The average Bonchev–Trinajstić information content (AvgIpc) is 1.56. The summed E-state index contributed by atoms with van der Waals surface area (Å²) in [6, 6.07) is 74.8. The molecule has 4 aromatic heterocycles. The van der Waals surface area contributed by atoms with Gasteiger partial charge in [-0.3, -0.25) is 0 Å². The third-order valence-corrected chi connectivity index (χ3v) is 22.7. The molecule has 0 N–H and O–H groups in total. The summed E-state index contributed by atoms with van der Waals surface area (Å²) in [6.07, 6.45) is 6.50. The summed E-state index contributed by atoms with van der Waals surface area (Å²) >= 11 is 7.36. The molecule has 0 atom stereocenters. The van der Waals surface area contributed by atoms with Crippen molar-refractivity contribution in [2.45, 2.75) is 220 Å².